The number of piperidine rings is 1. The van der Waals surface area contributed by atoms with Crippen molar-refractivity contribution in [3.05, 3.63) is 83.2 Å². The number of aryl methyl sites for hydroxylation is 3. The summed E-state index contributed by atoms with van der Waals surface area (Å²) in [5, 5.41) is 7.93. The number of aromatic nitrogens is 3. The van der Waals surface area contributed by atoms with Gasteiger partial charge in [0.1, 0.15) is 5.52 Å². The van der Waals surface area contributed by atoms with E-state index in [1.807, 2.05) is 10.7 Å². The van der Waals surface area contributed by atoms with Crippen LogP contribution in [0, 0.1) is 26.7 Å². The number of benzene rings is 2. The minimum absolute atomic E-state index is 0.0524. The van der Waals surface area contributed by atoms with E-state index in [2.05, 4.69) is 79.5 Å². The zero-order valence-corrected chi connectivity index (χ0v) is 20.1. The van der Waals surface area contributed by atoms with Gasteiger partial charge >= 0.3 is 0 Å². The van der Waals surface area contributed by atoms with Crippen LogP contribution in [0.5, 0.6) is 0 Å². The molecule has 1 atom stereocenters. The molecule has 1 amide bonds. The summed E-state index contributed by atoms with van der Waals surface area (Å²) in [6.07, 6.45) is 5.54. The molecule has 6 heteroatoms. The average molecular weight is 454 g/mol. The lowest BCUT2D eigenvalue weighted by Crippen LogP contribution is -2.43. The highest BCUT2D eigenvalue weighted by Crippen LogP contribution is 2.29. The number of nitrogens with zero attached hydrogens (tertiary/aromatic N) is 4. The van der Waals surface area contributed by atoms with Crippen molar-refractivity contribution in [2.24, 2.45) is 5.92 Å². The minimum atomic E-state index is -0.0524. The average Bonchev–Trinajstić information content (AvgIpc) is 3.30. The third-order valence-corrected chi connectivity index (χ3v) is 6.85. The molecular formula is C28H31N5O. The molecule has 1 N–H and O–H groups in total. The molecule has 1 aliphatic heterocycles. The fraction of sp³-hybridized carbons (Fsp3) is 0.321. The van der Waals surface area contributed by atoms with Crippen molar-refractivity contribution >= 4 is 17.2 Å². The third-order valence-electron chi connectivity index (χ3n) is 6.85. The lowest BCUT2D eigenvalue weighted by molar-refractivity contribution is -0.125. The molecule has 1 saturated heterocycles. The summed E-state index contributed by atoms with van der Waals surface area (Å²) in [6, 6.07) is 16.8. The van der Waals surface area contributed by atoms with Crippen LogP contribution in [0.4, 0.5) is 5.82 Å². The second kappa shape index (κ2) is 9.29. The summed E-state index contributed by atoms with van der Waals surface area (Å²) < 4.78 is 1.90. The van der Waals surface area contributed by atoms with Gasteiger partial charge in [-0.2, -0.15) is 5.10 Å². The van der Waals surface area contributed by atoms with Gasteiger partial charge in [-0.15, -0.1) is 0 Å². The van der Waals surface area contributed by atoms with Gasteiger partial charge in [0.2, 0.25) is 5.91 Å². The van der Waals surface area contributed by atoms with E-state index in [0.717, 1.165) is 47.5 Å². The first-order chi connectivity index (χ1) is 16.5. The number of rotatable bonds is 5. The first kappa shape index (κ1) is 22.1. The number of amides is 1. The van der Waals surface area contributed by atoms with Gasteiger partial charge < -0.3 is 10.2 Å². The van der Waals surface area contributed by atoms with E-state index in [9.17, 15) is 4.79 Å². The number of carbonyl (C=O) groups is 1. The number of carbonyl (C=O) groups excluding carboxylic acids is 1. The molecule has 1 fully saturated rings. The molecule has 1 unspecified atom stereocenters. The molecule has 0 saturated carbocycles. The zero-order valence-electron chi connectivity index (χ0n) is 20.1. The van der Waals surface area contributed by atoms with E-state index in [0.29, 0.717) is 13.1 Å². The van der Waals surface area contributed by atoms with E-state index >= 15 is 0 Å². The Morgan fingerprint density at radius 3 is 2.68 bits per heavy atom. The largest absolute Gasteiger partial charge is 0.354 e. The van der Waals surface area contributed by atoms with Crippen molar-refractivity contribution in [1.82, 2.24) is 19.9 Å². The Morgan fingerprint density at radius 2 is 1.88 bits per heavy atom. The number of hydrogen-bond acceptors (Lipinski definition) is 4. The van der Waals surface area contributed by atoms with E-state index in [1.54, 1.807) is 6.20 Å². The van der Waals surface area contributed by atoms with Crippen LogP contribution < -0.4 is 10.2 Å². The molecule has 2 aromatic carbocycles. The molecule has 4 aromatic rings. The van der Waals surface area contributed by atoms with Crippen LogP contribution in [0.15, 0.2) is 60.9 Å². The van der Waals surface area contributed by atoms with Gasteiger partial charge in [0.25, 0.3) is 0 Å². The van der Waals surface area contributed by atoms with Crippen LogP contribution in [0.3, 0.4) is 0 Å². The Balaban J connectivity index is 1.33. The molecule has 3 heterocycles. The molecule has 0 radical (unpaired) electrons. The van der Waals surface area contributed by atoms with Gasteiger partial charge in [0, 0.05) is 37.6 Å². The topological polar surface area (TPSA) is 62.5 Å². The van der Waals surface area contributed by atoms with Crippen molar-refractivity contribution < 1.29 is 4.79 Å². The summed E-state index contributed by atoms with van der Waals surface area (Å²) >= 11 is 0. The highest BCUT2D eigenvalue weighted by Gasteiger charge is 2.27. The lowest BCUT2D eigenvalue weighted by atomic mass is 9.97. The monoisotopic (exact) mass is 453 g/mol. The fourth-order valence-electron chi connectivity index (χ4n) is 4.62. The number of hydrogen-bond donors (Lipinski definition) is 1. The predicted octanol–water partition coefficient (Wildman–Crippen LogP) is 4.85. The molecule has 0 aliphatic carbocycles. The Morgan fingerprint density at radius 1 is 1.06 bits per heavy atom. The molecular weight excluding hydrogens is 422 g/mol. The quantitative estimate of drug-likeness (QED) is 0.469. The van der Waals surface area contributed by atoms with Crippen molar-refractivity contribution in [1.29, 1.82) is 0 Å². The van der Waals surface area contributed by atoms with Gasteiger partial charge in [-0.3, -0.25) is 4.79 Å². The first-order valence-corrected chi connectivity index (χ1v) is 12.0. The molecule has 0 spiro atoms. The van der Waals surface area contributed by atoms with E-state index in [4.69, 9.17) is 10.1 Å². The van der Waals surface area contributed by atoms with Crippen LogP contribution >= 0.6 is 0 Å². The van der Waals surface area contributed by atoms with Gasteiger partial charge in [0.05, 0.1) is 11.6 Å². The molecule has 34 heavy (non-hydrogen) atoms. The summed E-state index contributed by atoms with van der Waals surface area (Å²) in [4.78, 5) is 19.9. The molecule has 174 valence electrons. The highest BCUT2D eigenvalue weighted by molar-refractivity contribution is 5.81. The van der Waals surface area contributed by atoms with Crippen LogP contribution in [0.25, 0.3) is 16.8 Å². The fourth-order valence-corrected chi connectivity index (χ4v) is 4.62. The summed E-state index contributed by atoms with van der Waals surface area (Å²) in [6.45, 7) is 8.42. The van der Waals surface area contributed by atoms with Crippen LogP contribution in [0.1, 0.15) is 35.1 Å². The van der Waals surface area contributed by atoms with Crippen LogP contribution in [-0.2, 0) is 11.3 Å². The molecule has 2 aromatic heterocycles. The van der Waals surface area contributed by atoms with Crippen molar-refractivity contribution in [3.8, 4) is 11.3 Å². The third kappa shape index (κ3) is 4.53. The Kier molecular flexibility index (Phi) is 6.05. The predicted molar refractivity (Wildman–Crippen MR) is 136 cm³/mol. The molecule has 5 rings (SSSR count). The van der Waals surface area contributed by atoms with Crippen molar-refractivity contribution in [2.75, 3.05) is 18.0 Å². The highest BCUT2D eigenvalue weighted by atomic mass is 16.1. The second-order valence-corrected chi connectivity index (χ2v) is 9.40. The number of anilines is 1. The lowest BCUT2D eigenvalue weighted by Gasteiger charge is -2.33. The van der Waals surface area contributed by atoms with Crippen LogP contribution in [-0.4, -0.2) is 33.6 Å². The van der Waals surface area contributed by atoms with Crippen molar-refractivity contribution in [2.45, 2.75) is 40.2 Å². The van der Waals surface area contributed by atoms with Gasteiger partial charge in [-0.25, -0.2) is 9.50 Å². The zero-order chi connectivity index (χ0) is 23.7. The second-order valence-electron chi connectivity index (χ2n) is 9.40. The minimum Gasteiger partial charge on any atom is -0.354 e. The Labute approximate surface area is 200 Å². The molecule has 1 aliphatic rings. The Hall–Kier alpha value is -3.67. The summed E-state index contributed by atoms with van der Waals surface area (Å²) in [5.41, 5.74) is 7.87. The van der Waals surface area contributed by atoms with Gasteiger partial charge in [-0.05, 0) is 62.4 Å². The molecule has 6 nitrogen and oxygen atoms in total. The standard InChI is InChI=1S/C28H31N5O/c1-19-6-9-22(10-7-19)17-30-28(34)24-5-4-13-32(18-24)27-26-16-25(31-33(26)14-12-29-27)23-11-8-20(2)21(3)15-23/h6-12,14-16,24H,4-5,13,17-18H2,1-3H3,(H,30,34). The number of nitrogens with one attached hydrogen (secondary N) is 1. The van der Waals surface area contributed by atoms with Gasteiger partial charge in [0.15, 0.2) is 5.82 Å². The summed E-state index contributed by atoms with van der Waals surface area (Å²) in [5.74, 6) is 0.950. The van der Waals surface area contributed by atoms with Crippen molar-refractivity contribution in [3.63, 3.8) is 0 Å². The van der Waals surface area contributed by atoms with E-state index < -0.39 is 0 Å². The maximum atomic E-state index is 13.0. The maximum absolute atomic E-state index is 13.0. The summed E-state index contributed by atoms with van der Waals surface area (Å²) in [7, 11) is 0. The van der Waals surface area contributed by atoms with E-state index in [1.165, 1.54) is 16.7 Å². The normalized spacial score (nSPS) is 16.1. The van der Waals surface area contributed by atoms with Gasteiger partial charge in [-0.1, -0.05) is 42.0 Å². The SMILES string of the molecule is Cc1ccc(CNC(=O)C2CCCN(c3nccn4nc(-c5ccc(C)c(C)c5)cc34)C2)cc1. The smallest absolute Gasteiger partial charge is 0.225 e. The first-order valence-electron chi connectivity index (χ1n) is 12.0. The van der Waals surface area contributed by atoms with E-state index in [-0.39, 0.29) is 11.8 Å². The molecule has 0 bridgehead atoms. The van der Waals surface area contributed by atoms with Crippen LogP contribution in [0.2, 0.25) is 0 Å². The Bertz CT molecular complexity index is 1320. The number of fused-ring (bicyclic) bond motifs is 1. The maximum Gasteiger partial charge on any atom is 0.225 e.